The minimum Gasteiger partial charge on any atom is -0.464 e. The van der Waals surface area contributed by atoms with Crippen molar-refractivity contribution < 1.29 is 4.74 Å². The average Bonchev–Trinajstić information content (AvgIpc) is 2.42. The van der Waals surface area contributed by atoms with Gasteiger partial charge in [0.25, 0.3) is 0 Å². The molecule has 19 heavy (non-hydrogen) atoms. The molecule has 0 radical (unpaired) electrons. The second-order valence-corrected chi connectivity index (χ2v) is 5.81. The third-order valence-electron chi connectivity index (χ3n) is 3.15. The molecule has 1 aliphatic rings. The summed E-state index contributed by atoms with van der Waals surface area (Å²) in [4.78, 5) is 14.9. The highest BCUT2D eigenvalue weighted by atomic mass is 32.2. The number of hydrogen-bond donors (Lipinski definition) is 2. The first kappa shape index (κ1) is 14.1. The Bertz CT molecular complexity index is 432. The summed E-state index contributed by atoms with van der Waals surface area (Å²) in [5, 5.41) is 0.537. The van der Waals surface area contributed by atoms with Crippen molar-refractivity contribution in [2.75, 3.05) is 29.2 Å². The number of anilines is 2. The number of nitrogens with one attached hydrogen (secondary N) is 1. The van der Waals surface area contributed by atoms with Crippen LogP contribution in [0, 0.1) is 0 Å². The number of rotatable bonds is 4. The van der Waals surface area contributed by atoms with Crippen LogP contribution in [-0.2, 0) is 0 Å². The van der Waals surface area contributed by atoms with Crippen LogP contribution >= 0.6 is 11.8 Å². The second-order valence-electron chi connectivity index (χ2n) is 4.33. The van der Waals surface area contributed by atoms with Crippen molar-refractivity contribution in [3.63, 3.8) is 0 Å². The summed E-state index contributed by atoms with van der Waals surface area (Å²) in [5.41, 5.74) is 2.46. The van der Waals surface area contributed by atoms with Crippen LogP contribution in [-0.4, -0.2) is 45.1 Å². The van der Waals surface area contributed by atoms with Crippen LogP contribution in [0.2, 0.25) is 0 Å². The van der Waals surface area contributed by atoms with Gasteiger partial charge in [-0.1, -0.05) is 6.92 Å². The third-order valence-corrected chi connectivity index (χ3v) is 4.48. The highest BCUT2D eigenvalue weighted by molar-refractivity contribution is 8.00. The lowest BCUT2D eigenvalue weighted by Gasteiger charge is -2.37. The van der Waals surface area contributed by atoms with E-state index in [1.807, 2.05) is 18.7 Å². The van der Waals surface area contributed by atoms with Gasteiger partial charge in [0.2, 0.25) is 11.9 Å². The van der Waals surface area contributed by atoms with Crippen molar-refractivity contribution in [1.82, 2.24) is 15.0 Å². The molecule has 0 spiro atoms. The van der Waals surface area contributed by atoms with E-state index in [-0.39, 0.29) is 0 Å². The van der Waals surface area contributed by atoms with Crippen molar-refractivity contribution in [1.29, 1.82) is 0 Å². The van der Waals surface area contributed by atoms with Crippen LogP contribution in [0.25, 0.3) is 0 Å². The Morgan fingerprint density at radius 3 is 2.89 bits per heavy atom. The lowest BCUT2D eigenvalue weighted by molar-refractivity contribution is 0.311. The zero-order valence-corrected chi connectivity index (χ0v) is 12.3. The molecule has 1 fully saturated rings. The molecule has 3 N–H and O–H groups in total. The Kier molecular flexibility index (Phi) is 4.65. The molecule has 0 bridgehead atoms. The molecule has 1 aromatic heterocycles. The molecule has 7 nitrogen and oxygen atoms in total. The van der Waals surface area contributed by atoms with Gasteiger partial charge in [0, 0.05) is 23.6 Å². The van der Waals surface area contributed by atoms with Gasteiger partial charge in [-0.25, -0.2) is 5.84 Å². The Hall–Kier alpha value is -1.28. The Balaban J connectivity index is 2.29. The van der Waals surface area contributed by atoms with E-state index >= 15 is 0 Å². The Morgan fingerprint density at radius 1 is 1.42 bits per heavy atom. The summed E-state index contributed by atoms with van der Waals surface area (Å²) in [6.07, 6.45) is 0. The minimum absolute atomic E-state index is 0.304. The lowest BCUT2D eigenvalue weighted by Crippen LogP contribution is -2.45. The largest absolute Gasteiger partial charge is 0.464 e. The van der Waals surface area contributed by atoms with Crippen LogP contribution in [0.5, 0.6) is 6.01 Å². The molecule has 1 saturated heterocycles. The van der Waals surface area contributed by atoms with Gasteiger partial charge in [-0.3, -0.25) is 5.43 Å². The first-order chi connectivity index (χ1) is 9.15. The molecule has 0 amide bonds. The Labute approximate surface area is 117 Å². The molecule has 2 heterocycles. The van der Waals surface area contributed by atoms with E-state index in [1.54, 1.807) is 0 Å². The van der Waals surface area contributed by atoms with E-state index < -0.39 is 0 Å². The fourth-order valence-electron chi connectivity index (χ4n) is 1.95. The van der Waals surface area contributed by atoms with E-state index in [0.717, 1.165) is 12.3 Å². The summed E-state index contributed by atoms with van der Waals surface area (Å²) < 4.78 is 5.35. The van der Waals surface area contributed by atoms with Crippen LogP contribution in [0.15, 0.2) is 0 Å². The number of nitrogens with two attached hydrogens (primary N) is 1. The monoisotopic (exact) mass is 284 g/mol. The minimum atomic E-state index is 0.304. The molecule has 2 rings (SSSR count). The standard InChI is InChI=1S/C11H20N6OS/c1-4-18-11-14-9(16-12)13-10(15-11)17-5-6-19-8(3)7(17)2/h7-8H,4-6,12H2,1-3H3,(H,13,14,15,16). The van der Waals surface area contributed by atoms with E-state index in [0.29, 0.717) is 35.8 Å². The predicted molar refractivity (Wildman–Crippen MR) is 77.5 cm³/mol. The van der Waals surface area contributed by atoms with Gasteiger partial charge < -0.3 is 9.64 Å². The van der Waals surface area contributed by atoms with Gasteiger partial charge in [0.15, 0.2) is 0 Å². The normalized spacial score (nSPS) is 23.3. The molecule has 0 aromatic carbocycles. The lowest BCUT2D eigenvalue weighted by atomic mass is 10.2. The summed E-state index contributed by atoms with van der Waals surface area (Å²) in [6.45, 7) is 7.71. The predicted octanol–water partition coefficient (Wildman–Crippen LogP) is 0.886. The van der Waals surface area contributed by atoms with Gasteiger partial charge in [-0.2, -0.15) is 26.7 Å². The van der Waals surface area contributed by atoms with Crippen molar-refractivity contribution in [2.24, 2.45) is 5.84 Å². The molecule has 1 aliphatic heterocycles. The van der Waals surface area contributed by atoms with Crippen molar-refractivity contribution >= 4 is 23.7 Å². The number of thioether (sulfide) groups is 1. The molecule has 8 heteroatoms. The quantitative estimate of drug-likeness (QED) is 0.622. The van der Waals surface area contributed by atoms with Crippen molar-refractivity contribution in [2.45, 2.75) is 32.1 Å². The van der Waals surface area contributed by atoms with Gasteiger partial charge in [-0.05, 0) is 13.8 Å². The number of nitrogen functional groups attached to an aromatic ring is 1. The van der Waals surface area contributed by atoms with Gasteiger partial charge >= 0.3 is 6.01 Å². The van der Waals surface area contributed by atoms with Crippen LogP contribution in [0.4, 0.5) is 11.9 Å². The first-order valence-corrected chi connectivity index (χ1v) is 7.44. The van der Waals surface area contributed by atoms with Crippen LogP contribution in [0.1, 0.15) is 20.8 Å². The number of aromatic nitrogens is 3. The maximum Gasteiger partial charge on any atom is 0.323 e. The second kappa shape index (κ2) is 6.25. The molecule has 1 aromatic rings. The number of ether oxygens (including phenoxy) is 1. The fourth-order valence-corrected chi connectivity index (χ4v) is 3.05. The molecule has 2 atom stereocenters. The summed E-state index contributed by atoms with van der Waals surface area (Å²) in [7, 11) is 0. The van der Waals surface area contributed by atoms with Crippen LogP contribution in [0.3, 0.4) is 0 Å². The topological polar surface area (TPSA) is 89.2 Å². The summed E-state index contributed by atoms with van der Waals surface area (Å²) in [6, 6.07) is 0.666. The zero-order chi connectivity index (χ0) is 13.8. The van der Waals surface area contributed by atoms with Gasteiger partial charge in [-0.15, -0.1) is 0 Å². The molecule has 2 unspecified atom stereocenters. The molecule has 0 aliphatic carbocycles. The first-order valence-electron chi connectivity index (χ1n) is 6.39. The fraction of sp³-hybridized carbons (Fsp3) is 0.727. The number of hydrogen-bond acceptors (Lipinski definition) is 8. The average molecular weight is 284 g/mol. The van der Waals surface area contributed by atoms with Crippen molar-refractivity contribution in [3.05, 3.63) is 0 Å². The van der Waals surface area contributed by atoms with Gasteiger partial charge in [0.1, 0.15) is 0 Å². The molecular formula is C11H20N6OS. The highest BCUT2D eigenvalue weighted by Crippen LogP contribution is 2.28. The van der Waals surface area contributed by atoms with Crippen LogP contribution < -0.4 is 20.9 Å². The van der Waals surface area contributed by atoms with E-state index in [9.17, 15) is 0 Å². The smallest absolute Gasteiger partial charge is 0.323 e. The maximum atomic E-state index is 5.39. The molecule has 0 saturated carbocycles. The SMILES string of the molecule is CCOc1nc(NN)nc(N2CCSC(C)C2C)n1. The molecular weight excluding hydrogens is 264 g/mol. The zero-order valence-electron chi connectivity index (χ0n) is 11.5. The number of nitrogens with zero attached hydrogens (tertiary/aromatic N) is 4. The maximum absolute atomic E-state index is 5.39. The van der Waals surface area contributed by atoms with E-state index in [2.05, 4.69) is 39.1 Å². The summed E-state index contributed by atoms with van der Waals surface area (Å²) in [5.74, 6) is 7.40. The van der Waals surface area contributed by atoms with E-state index in [4.69, 9.17) is 10.6 Å². The summed E-state index contributed by atoms with van der Waals surface area (Å²) >= 11 is 1.96. The molecule has 106 valence electrons. The number of hydrazine groups is 1. The Morgan fingerprint density at radius 2 is 2.21 bits per heavy atom. The van der Waals surface area contributed by atoms with Crippen molar-refractivity contribution in [3.8, 4) is 6.01 Å². The highest BCUT2D eigenvalue weighted by Gasteiger charge is 2.28. The van der Waals surface area contributed by atoms with Gasteiger partial charge in [0.05, 0.1) is 6.61 Å². The van der Waals surface area contributed by atoms with E-state index in [1.165, 1.54) is 0 Å². The third kappa shape index (κ3) is 3.19.